The van der Waals surface area contributed by atoms with Crippen molar-refractivity contribution in [3.8, 4) is 0 Å². The zero-order chi connectivity index (χ0) is 17.6. The average Bonchev–Trinajstić information content (AvgIpc) is 3.04. The van der Waals surface area contributed by atoms with Crippen molar-refractivity contribution in [2.45, 2.75) is 141 Å². The number of likely N-dealkylation sites (tertiary alicyclic amines) is 1. The summed E-state index contributed by atoms with van der Waals surface area (Å²) >= 11 is 0. The lowest BCUT2D eigenvalue weighted by Crippen LogP contribution is -2.49. The number of hydrogen-bond donors (Lipinski definition) is 0. The molecule has 2 aliphatic rings. The van der Waals surface area contributed by atoms with Crippen LogP contribution in [0.15, 0.2) is 0 Å². The van der Waals surface area contributed by atoms with Gasteiger partial charge in [-0.25, -0.2) is 0 Å². The molecule has 1 heteroatoms. The molecule has 148 valence electrons. The Morgan fingerprint density at radius 3 is 1.60 bits per heavy atom. The van der Waals surface area contributed by atoms with E-state index in [1.54, 1.807) is 0 Å². The second kappa shape index (κ2) is 13.2. The summed E-state index contributed by atoms with van der Waals surface area (Å²) in [4.78, 5) is 2.98. The summed E-state index contributed by atoms with van der Waals surface area (Å²) in [5.41, 5.74) is 0.599. The molecule has 2 fully saturated rings. The van der Waals surface area contributed by atoms with Crippen LogP contribution in [0.5, 0.6) is 0 Å². The largest absolute Gasteiger partial charge is 0.298 e. The third-order valence-electron chi connectivity index (χ3n) is 7.06. The van der Waals surface area contributed by atoms with Gasteiger partial charge in [-0.05, 0) is 45.2 Å². The Bertz CT molecular complexity index is 295. The highest BCUT2D eigenvalue weighted by atomic mass is 15.2. The van der Waals surface area contributed by atoms with Gasteiger partial charge in [-0.3, -0.25) is 4.90 Å². The summed E-state index contributed by atoms with van der Waals surface area (Å²) in [5.74, 6) is 0. The van der Waals surface area contributed by atoms with Gasteiger partial charge < -0.3 is 0 Å². The van der Waals surface area contributed by atoms with Gasteiger partial charge in [-0.15, -0.1) is 0 Å². The fourth-order valence-corrected chi connectivity index (χ4v) is 5.42. The van der Waals surface area contributed by atoms with E-state index < -0.39 is 0 Å². The van der Waals surface area contributed by atoms with Crippen LogP contribution in [-0.2, 0) is 0 Å². The first-order chi connectivity index (χ1) is 12.4. The van der Waals surface area contributed by atoms with Crippen molar-refractivity contribution < 1.29 is 0 Å². The molecule has 0 radical (unpaired) electrons. The molecule has 0 aromatic carbocycles. The van der Waals surface area contributed by atoms with E-state index in [2.05, 4.69) is 11.8 Å². The van der Waals surface area contributed by atoms with Crippen molar-refractivity contribution in [2.75, 3.05) is 13.1 Å². The van der Waals surface area contributed by atoms with Gasteiger partial charge >= 0.3 is 0 Å². The molecule has 0 spiro atoms. The van der Waals surface area contributed by atoms with Crippen LogP contribution in [0.1, 0.15) is 135 Å². The van der Waals surface area contributed by atoms with Crippen molar-refractivity contribution in [2.24, 2.45) is 0 Å². The van der Waals surface area contributed by atoms with Gasteiger partial charge in [0.1, 0.15) is 0 Å². The van der Waals surface area contributed by atoms with Crippen LogP contribution in [0.4, 0.5) is 0 Å². The highest BCUT2D eigenvalue weighted by molar-refractivity contribution is 4.92. The molecule has 25 heavy (non-hydrogen) atoms. The minimum atomic E-state index is 0.599. The number of nitrogens with zero attached hydrogens (tertiary/aromatic N) is 1. The molecule has 1 saturated heterocycles. The molecule has 0 unspecified atom stereocenters. The molecule has 0 N–H and O–H groups in total. The van der Waals surface area contributed by atoms with Gasteiger partial charge in [0.2, 0.25) is 0 Å². The summed E-state index contributed by atoms with van der Waals surface area (Å²) in [6, 6.07) is 0. The average molecular weight is 350 g/mol. The lowest BCUT2D eigenvalue weighted by atomic mass is 9.82. The molecule has 0 aromatic rings. The van der Waals surface area contributed by atoms with Crippen molar-refractivity contribution in [3.63, 3.8) is 0 Å². The Kier molecular flexibility index (Phi) is 11.2. The summed E-state index contributed by atoms with van der Waals surface area (Å²) in [5, 5.41) is 0. The topological polar surface area (TPSA) is 3.24 Å². The Morgan fingerprint density at radius 2 is 1.04 bits per heavy atom. The van der Waals surface area contributed by atoms with Crippen molar-refractivity contribution in [1.82, 2.24) is 4.90 Å². The van der Waals surface area contributed by atoms with Gasteiger partial charge in [0.15, 0.2) is 0 Å². The zero-order valence-electron chi connectivity index (χ0n) is 17.5. The molecular weight excluding hydrogens is 302 g/mol. The van der Waals surface area contributed by atoms with Crippen LogP contribution in [0.2, 0.25) is 0 Å². The number of rotatable bonds is 11. The van der Waals surface area contributed by atoms with E-state index in [0.717, 1.165) is 0 Å². The van der Waals surface area contributed by atoms with E-state index >= 15 is 0 Å². The Morgan fingerprint density at radius 1 is 0.560 bits per heavy atom. The minimum absolute atomic E-state index is 0.599. The fraction of sp³-hybridized carbons (Fsp3) is 1.00. The van der Waals surface area contributed by atoms with Crippen molar-refractivity contribution in [1.29, 1.82) is 0 Å². The molecule has 1 aliphatic heterocycles. The Hall–Kier alpha value is -0.0400. The minimum Gasteiger partial charge on any atom is -0.298 e. The predicted molar refractivity (Wildman–Crippen MR) is 112 cm³/mol. The molecule has 1 aliphatic carbocycles. The third kappa shape index (κ3) is 8.02. The first-order valence-corrected chi connectivity index (χ1v) is 12.1. The Balaban J connectivity index is 1.71. The first kappa shape index (κ1) is 21.3. The van der Waals surface area contributed by atoms with Gasteiger partial charge in [0, 0.05) is 5.54 Å². The maximum Gasteiger partial charge on any atom is 0.0209 e. The van der Waals surface area contributed by atoms with Crippen LogP contribution < -0.4 is 0 Å². The van der Waals surface area contributed by atoms with Crippen LogP contribution >= 0.6 is 0 Å². The summed E-state index contributed by atoms with van der Waals surface area (Å²) in [6.07, 6.45) is 29.6. The van der Waals surface area contributed by atoms with Crippen molar-refractivity contribution in [3.05, 3.63) is 0 Å². The van der Waals surface area contributed by atoms with Crippen LogP contribution in [0.3, 0.4) is 0 Å². The number of unbranched alkanes of at least 4 members (excludes halogenated alkanes) is 8. The van der Waals surface area contributed by atoms with E-state index in [1.807, 2.05) is 0 Å². The lowest BCUT2D eigenvalue weighted by molar-refractivity contribution is 0.0628. The normalized spacial score (nSPS) is 22.4. The summed E-state index contributed by atoms with van der Waals surface area (Å²) < 4.78 is 0. The van der Waals surface area contributed by atoms with E-state index in [1.165, 1.54) is 142 Å². The second-order valence-electron chi connectivity index (χ2n) is 9.12. The van der Waals surface area contributed by atoms with Gasteiger partial charge in [-0.2, -0.15) is 0 Å². The maximum absolute atomic E-state index is 2.98. The Labute approximate surface area is 159 Å². The molecule has 0 aromatic heterocycles. The molecule has 2 rings (SSSR count). The molecule has 0 amide bonds. The van der Waals surface area contributed by atoms with Gasteiger partial charge in [0.25, 0.3) is 0 Å². The molecule has 0 bridgehead atoms. The third-order valence-corrected chi connectivity index (χ3v) is 7.06. The smallest absolute Gasteiger partial charge is 0.0209 e. The first-order valence-electron chi connectivity index (χ1n) is 12.1. The van der Waals surface area contributed by atoms with Crippen LogP contribution in [0.25, 0.3) is 0 Å². The van der Waals surface area contributed by atoms with Crippen molar-refractivity contribution >= 4 is 0 Å². The quantitative estimate of drug-likeness (QED) is 0.271. The molecular formula is C24H47N. The maximum atomic E-state index is 2.98. The standard InChI is InChI=1S/C24H47N/c1-2-3-4-5-6-7-8-9-14-19-24(20-15-10-11-16-21-24)25-22-17-12-13-18-23-25/h2-23H2,1H3. The highest BCUT2D eigenvalue weighted by Crippen LogP contribution is 2.38. The monoisotopic (exact) mass is 349 g/mol. The van der Waals surface area contributed by atoms with Crippen LogP contribution in [0, 0.1) is 0 Å². The number of hydrogen-bond acceptors (Lipinski definition) is 1. The van der Waals surface area contributed by atoms with E-state index in [0.29, 0.717) is 5.54 Å². The fourth-order valence-electron chi connectivity index (χ4n) is 5.42. The van der Waals surface area contributed by atoms with E-state index in [9.17, 15) is 0 Å². The molecule has 1 nitrogen and oxygen atoms in total. The predicted octanol–water partition coefficient (Wildman–Crippen LogP) is 7.88. The van der Waals surface area contributed by atoms with Gasteiger partial charge in [-0.1, -0.05) is 103 Å². The van der Waals surface area contributed by atoms with Crippen LogP contribution in [-0.4, -0.2) is 23.5 Å². The summed E-state index contributed by atoms with van der Waals surface area (Å²) in [6.45, 7) is 5.11. The highest BCUT2D eigenvalue weighted by Gasteiger charge is 2.36. The SMILES string of the molecule is CCCCCCCCCCCC1(N2CCCCCC2)CCCCCC1. The van der Waals surface area contributed by atoms with Gasteiger partial charge in [0.05, 0.1) is 0 Å². The zero-order valence-corrected chi connectivity index (χ0v) is 17.5. The lowest BCUT2D eigenvalue weighted by Gasteiger charge is -2.44. The van der Waals surface area contributed by atoms with E-state index in [-0.39, 0.29) is 0 Å². The molecule has 1 heterocycles. The molecule has 0 atom stereocenters. The second-order valence-corrected chi connectivity index (χ2v) is 9.12. The summed E-state index contributed by atoms with van der Waals surface area (Å²) in [7, 11) is 0. The van der Waals surface area contributed by atoms with E-state index in [4.69, 9.17) is 0 Å². The molecule has 1 saturated carbocycles.